The first kappa shape index (κ1) is 23.9. The second kappa shape index (κ2) is 8.85. The van der Waals surface area contributed by atoms with E-state index in [2.05, 4.69) is 102 Å². The second-order valence-corrected chi connectivity index (χ2v) is 12.9. The molecule has 0 unspecified atom stereocenters. The minimum Gasteiger partial charge on any atom is -0.456 e. The second-order valence-electron chi connectivity index (χ2n) is 11.6. The maximum absolute atomic E-state index is 6.54. The molecule has 0 spiro atoms. The maximum atomic E-state index is 6.54. The van der Waals surface area contributed by atoms with Crippen molar-refractivity contribution in [3.8, 4) is 22.6 Å². The minimum absolute atomic E-state index is 0.0193. The van der Waals surface area contributed by atoms with Crippen LogP contribution in [0.2, 0.25) is 0 Å². The fourth-order valence-electron chi connectivity index (χ4n) is 5.56. The summed E-state index contributed by atoms with van der Waals surface area (Å²) in [6, 6.07) is 24.3. The summed E-state index contributed by atoms with van der Waals surface area (Å²) in [4.78, 5) is 6.16. The lowest BCUT2D eigenvalue weighted by Crippen LogP contribution is -2.12. The minimum atomic E-state index is 0.0193. The third kappa shape index (κ3) is 4.26. The van der Waals surface area contributed by atoms with Crippen LogP contribution in [0.15, 0.2) is 77.3 Å². The van der Waals surface area contributed by atoms with Crippen LogP contribution < -0.4 is 0 Å². The molecule has 0 atom stereocenters. The van der Waals surface area contributed by atoms with Crippen LogP contribution in [0.1, 0.15) is 50.6 Å². The number of hydrogen-bond acceptors (Lipinski definition) is 3. The van der Waals surface area contributed by atoms with Gasteiger partial charge in [0, 0.05) is 37.7 Å². The van der Waals surface area contributed by atoms with Crippen molar-refractivity contribution in [1.82, 2.24) is 4.98 Å². The summed E-state index contributed by atoms with van der Waals surface area (Å²) in [6.07, 6.45) is 2.95. The molecule has 3 heterocycles. The molecule has 0 saturated carbocycles. The first-order valence-corrected chi connectivity index (χ1v) is 14.0. The van der Waals surface area contributed by atoms with E-state index in [1.165, 1.54) is 42.4 Å². The Morgan fingerprint density at radius 3 is 2.49 bits per heavy atom. The highest BCUT2D eigenvalue weighted by atomic mass is 32.1. The standard InChI is InChI=1S/C34H33NOS/c1-20(2)15-22-11-12-31-27(16-22)32(21(3)37-31)30-19-26-29(36-30)13-14-35-33(26)24-17-23-9-7-8-10-25(23)28(18-24)34(4,5)6/h7-14,16-20H,15H2,1-6H3. The topological polar surface area (TPSA) is 26.0 Å². The van der Waals surface area contributed by atoms with Gasteiger partial charge >= 0.3 is 0 Å². The molecule has 0 saturated heterocycles. The molecule has 0 amide bonds. The predicted molar refractivity (Wildman–Crippen MR) is 160 cm³/mol. The molecule has 6 aromatic rings. The number of nitrogens with zero attached hydrogens (tertiary/aromatic N) is 1. The molecule has 0 aliphatic rings. The molecule has 3 aromatic carbocycles. The van der Waals surface area contributed by atoms with Crippen molar-refractivity contribution in [3.05, 3.63) is 88.9 Å². The van der Waals surface area contributed by atoms with Crippen LogP contribution in [0.4, 0.5) is 0 Å². The lowest BCUT2D eigenvalue weighted by molar-refractivity contribution is 0.596. The van der Waals surface area contributed by atoms with Crippen LogP contribution >= 0.6 is 11.3 Å². The molecule has 186 valence electrons. The zero-order valence-corrected chi connectivity index (χ0v) is 23.3. The third-order valence-corrected chi connectivity index (χ3v) is 8.29. The van der Waals surface area contributed by atoms with E-state index in [0.717, 1.165) is 34.4 Å². The van der Waals surface area contributed by atoms with Gasteiger partial charge in [0.05, 0.1) is 5.69 Å². The van der Waals surface area contributed by atoms with E-state index in [4.69, 9.17) is 9.40 Å². The summed E-state index contributed by atoms with van der Waals surface area (Å²) < 4.78 is 7.84. The third-order valence-electron chi connectivity index (χ3n) is 7.21. The predicted octanol–water partition coefficient (Wildman–Crippen LogP) is 10.3. The van der Waals surface area contributed by atoms with E-state index in [9.17, 15) is 0 Å². The quantitative estimate of drug-likeness (QED) is 0.239. The van der Waals surface area contributed by atoms with E-state index in [0.29, 0.717) is 5.92 Å². The maximum Gasteiger partial charge on any atom is 0.138 e. The molecule has 6 rings (SSSR count). The van der Waals surface area contributed by atoms with Gasteiger partial charge in [0.15, 0.2) is 0 Å². The van der Waals surface area contributed by atoms with E-state index in [-0.39, 0.29) is 5.41 Å². The smallest absolute Gasteiger partial charge is 0.138 e. The first-order chi connectivity index (χ1) is 17.7. The van der Waals surface area contributed by atoms with Gasteiger partial charge in [-0.15, -0.1) is 11.3 Å². The molecule has 37 heavy (non-hydrogen) atoms. The Morgan fingerprint density at radius 2 is 1.70 bits per heavy atom. The number of aryl methyl sites for hydroxylation is 1. The molecule has 0 aliphatic carbocycles. The molecule has 2 nitrogen and oxygen atoms in total. The van der Waals surface area contributed by atoms with Crippen LogP contribution in [0.5, 0.6) is 0 Å². The van der Waals surface area contributed by atoms with Gasteiger partial charge in [0.2, 0.25) is 0 Å². The van der Waals surface area contributed by atoms with Crippen LogP contribution in [-0.2, 0) is 11.8 Å². The average molecular weight is 504 g/mol. The SMILES string of the molecule is Cc1sc2ccc(CC(C)C)cc2c1-c1cc2c(-c3cc(C(C)(C)C)c4ccccc4c3)nccc2o1. The Labute approximate surface area is 223 Å². The molecule has 0 aliphatic heterocycles. The highest BCUT2D eigenvalue weighted by molar-refractivity contribution is 7.19. The zero-order valence-electron chi connectivity index (χ0n) is 22.5. The highest BCUT2D eigenvalue weighted by Crippen LogP contribution is 2.43. The molecular formula is C34H33NOS. The number of pyridine rings is 1. The lowest BCUT2D eigenvalue weighted by atomic mass is 9.82. The van der Waals surface area contributed by atoms with E-state index in [1.54, 1.807) is 0 Å². The Balaban J connectivity index is 1.55. The fourth-order valence-corrected chi connectivity index (χ4v) is 6.61. The summed E-state index contributed by atoms with van der Waals surface area (Å²) in [7, 11) is 0. The Hall–Kier alpha value is -3.43. The number of fused-ring (bicyclic) bond motifs is 3. The normalized spacial score (nSPS) is 12.4. The van der Waals surface area contributed by atoms with Gasteiger partial charge in [0.25, 0.3) is 0 Å². The van der Waals surface area contributed by atoms with Gasteiger partial charge in [-0.2, -0.15) is 0 Å². The molecule has 0 radical (unpaired) electrons. The summed E-state index contributed by atoms with van der Waals surface area (Å²) in [5, 5.41) is 4.89. The Morgan fingerprint density at radius 1 is 0.892 bits per heavy atom. The molecule has 3 aromatic heterocycles. The van der Waals surface area contributed by atoms with E-state index < -0.39 is 0 Å². The zero-order chi connectivity index (χ0) is 25.9. The molecule has 0 N–H and O–H groups in total. The van der Waals surface area contributed by atoms with Crippen molar-refractivity contribution in [1.29, 1.82) is 0 Å². The van der Waals surface area contributed by atoms with E-state index >= 15 is 0 Å². The average Bonchev–Trinajstić information content (AvgIpc) is 3.41. The highest BCUT2D eigenvalue weighted by Gasteiger charge is 2.21. The summed E-state index contributed by atoms with van der Waals surface area (Å²) in [6.45, 7) is 13.6. The first-order valence-electron chi connectivity index (χ1n) is 13.1. The van der Waals surface area contributed by atoms with Crippen molar-refractivity contribution < 1.29 is 4.42 Å². The number of furan rings is 1. The van der Waals surface area contributed by atoms with Crippen LogP contribution in [-0.4, -0.2) is 4.98 Å². The van der Waals surface area contributed by atoms with Crippen LogP contribution in [0, 0.1) is 12.8 Å². The number of thiophene rings is 1. The summed E-state index contributed by atoms with van der Waals surface area (Å²) >= 11 is 1.84. The van der Waals surface area contributed by atoms with Crippen LogP contribution in [0.25, 0.3) is 54.4 Å². The molecule has 0 fully saturated rings. The number of benzene rings is 3. The number of hydrogen-bond donors (Lipinski definition) is 0. The van der Waals surface area contributed by atoms with Gasteiger partial charge in [0.1, 0.15) is 11.3 Å². The van der Waals surface area contributed by atoms with E-state index in [1.807, 2.05) is 23.6 Å². The van der Waals surface area contributed by atoms with Crippen molar-refractivity contribution in [2.24, 2.45) is 5.92 Å². The van der Waals surface area contributed by atoms with Crippen molar-refractivity contribution in [2.45, 2.75) is 53.4 Å². The lowest BCUT2D eigenvalue weighted by Gasteiger charge is -2.22. The van der Waals surface area contributed by atoms with Crippen molar-refractivity contribution in [2.75, 3.05) is 0 Å². The number of rotatable bonds is 4. The van der Waals surface area contributed by atoms with Gasteiger partial charge in [-0.3, -0.25) is 4.98 Å². The molecule has 3 heteroatoms. The van der Waals surface area contributed by atoms with Gasteiger partial charge in [-0.25, -0.2) is 0 Å². The van der Waals surface area contributed by atoms with Crippen LogP contribution in [0.3, 0.4) is 0 Å². The molecular weight excluding hydrogens is 470 g/mol. The van der Waals surface area contributed by atoms with Gasteiger partial charge < -0.3 is 4.42 Å². The summed E-state index contributed by atoms with van der Waals surface area (Å²) in [5.41, 5.74) is 6.93. The van der Waals surface area contributed by atoms with Gasteiger partial charge in [-0.05, 0) is 83.0 Å². The van der Waals surface area contributed by atoms with Crippen molar-refractivity contribution >= 4 is 43.2 Å². The largest absolute Gasteiger partial charge is 0.456 e. The monoisotopic (exact) mass is 503 g/mol. The van der Waals surface area contributed by atoms with Crippen molar-refractivity contribution in [3.63, 3.8) is 0 Å². The Bertz CT molecular complexity index is 1780. The Kier molecular flexibility index (Phi) is 5.72. The number of aromatic nitrogens is 1. The van der Waals surface area contributed by atoms with Gasteiger partial charge in [-0.1, -0.05) is 65.0 Å². The fraction of sp³-hybridized carbons (Fsp3) is 0.265. The molecule has 0 bridgehead atoms. The summed E-state index contributed by atoms with van der Waals surface area (Å²) in [5.74, 6) is 1.55.